The summed E-state index contributed by atoms with van der Waals surface area (Å²) >= 11 is 0. The van der Waals surface area contributed by atoms with Crippen molar-refractivity contribution < 1.29 is 9.32 Å². The van der Waals surface area contributed by atoms with Gasteiger partial charge in [-0.15, -0.1) is 5.10 Å². The Morgan fingerprint density at radius 1 is 1.56 bits per heavy atom. The quantitative estimate of drug-likeness (QED) is 0.779. The number of aromatic nitrogens is 4. The fourth-order valence-corrected chi connectivity index (χ4v) is 2.18. The Bertz CT molecular complexity index is 548. The number of amides is 1. The molecule has 1 aliphatic heterocycles. The third-order valence-electron chi connectivity index (χ3n) is 3.11. The molecule has 3 rings (SSSR count). The van der Waals surface area contributed by atoms with E-state index >= 15 is 0 Å². The van der Waals surface area contributed by atoms with Gasteiger partial charge in [0, 0.05) is 25.4 Å². The molecule has 2 aromatic heterocycles. The van der Waals surface area contributed by atoms with Crippen molar-refractivity contribution in [1.29, 1.82) is 0 Å². The summed E-state index contributed by atoms with van der Waals surface area (Å²) in [4.78, 5) is 13.9. The first-order valence-electron chi connectivity index (χ1n) is 5.82. The molecule has 1 amide bonds. The third kappa shape index (κ3) is 1.87. The minimum Gasteiger partial charge on any atom is -0.361 e. The monoisotopic (exact) mass is 247 g/mol. The summed E-state index contributed by atoms with van der Waals surface area (Å²) in [6.45, 7) is 3.11. The summed E-state index contributed by atoms with van der Waals surface area (Å²) in [6, 6.07) is 1.86. The molecule has 3 heterocycles. The molecular weight excluding hydrogens is 234 g/mol. The van der Waals surface area contributed by atoms with E-state index in [9.17, 15) is 4.79 Å². The van der Waals surface area contributed by atoms with Gasteiger partial charge in [0.05, 0.1) is 12.2 Å². The van der Waals surface area contributed by atoms with Gasteiger partial charge in [-0.2, -0.15) is 0 Å². The van der Waals surface area contributed by atoms with Gasteiger partial charge in [-0.1, -0.05) is 10.4 Å². The minimum absolute atomic E-state index is 0.0885. The molecule has 7 heteroatoms. The minimum atomic E-state index is -0.0885. The van der Waals surface area contributed by atoms with Crippen molar-refractivity contribution in [2.45, 2.75) is 19.4 Å². The number of aryl methyl sites for hydroxylation is 1. The summed E-state index contributed by atoms with van der Waals surface area (Å²) in [7, 11) is 0. The van der Waals surface area contributed by atoms with Gasteiger partial charge in [-0.25, -0.2) is 4.68 Å². The average molecular weight is 247 g/mol. The van der Waals surface area contributed by atoms with Gasteiger partial charge < -0.3 is 9.42 Å². The van der Waals surface area contributed by atoms with Gasteiger partial charge in [-0.05, 0) is 13.3 Å². The molecule has 0 aliphatic carbocycles. The van der Waals surface area contributed by atoms with Crippen LogP contribution in [0.3, 0.4) is 0 Å². The predicted molar refractivity (Wildman–Crippen MR) is 60.8 cm³/mol. The topological polar surface area (TPSA) is 77.1 Å². The maximum Gasteiger partial charge on any atom is 0.276 e. The van der Waals surface area contributed by atoms with Crippen LogP contribution in [0.25, 0.3) is 0 Å². The van der Waals surface area contributed by atoms with Gasteiger partial charge in [0.2, 0.25) is 0 Å². The fraction of sp³-hybridized carbons (Fsp3) is 0.455. The summed E-state index contributed by atoms with van der Waals surface area (Å²) in [5, 5.41) is 11.5. The predicted octanol–water partition coefficient (Wildman–Crippen LogP) is 0.662. The van der Waals surface area contributed by atoms with E-state index in [1.54, 1.807) is 28.8 Å². The van der Waals surface area contributed by atoms with Gasteiger partial charge in [0.15, 0.2) is 5.69 Å². The highest BCUT2D eigenvalue weighted by Gasteiger charge is 2.29. The lowest BCUT2D eigenvalue weighted by Gasteiger charge is -2.14. The normalized spacial score (nSPS) is 19.4. The molecule has 1 saturated heterocycles. The zero-order valence-corrected chi connectivity index (χ0v) is 9.98. The second-order valence-corrected chi connectivity index (χ2v) is 4.40. The van der Waals surface area contributed by atoms with Crippen LogP contribution in [0.2, 0.25) is 0 Å². The van der Waals surface area contributed by atoms with Crippen LogP contribution in [0, 0.1) is 6.92 Å². The Kier molecular flexibility index (Phi) is 2.58. The molecule has 1 aliphatic rings. The summed E-state index contributed by atoms with van der Waals surface area (Å²) in [5.41, 5.74) is 0.367. The molecule has 1 atom stereocenters. The number of carbonyl (C=O) groups is 1. The number of nitrogens with zero attached hydrogens (tertiary/aromatic N) is 5. The van der Waals surface area contributed by atoms with Crippen molar-refractivity contribution in [3.05, 3.63) is 29.9 Å². The number of carbonyl (C=O) groups excluding carboxylic acids is 1. The Labute approximate surface area is 103 Å². The van der Waals surface area contributed by atoms with Gasteiger partial charge in [0.1, 0.15) is 5.76 Å². The molecule has 18 heavy (non-hydrogen) atoms. The Hall–Kier alpha value is -2.18. The number of rotatable bonds is 2. The molecule has 0 bridgehead atoms. The van der Waals surface area contributed by atoms with E-state index in [0.717, 1.165) is 6.42 Å². The second-order valence-electron chi connectivity index (χ2n) is 4.40. The van der Waals surface area contributed by atoms with E-state index in [4.69, 9.17) is 4.52 Å². The van der Waals surface area contributed by atoms with Crippen LogP contribution < -0.4 is 0 Å². The number of hydrogen-bond donors (Lipinski definition) is 0. The van der Waals surface area contributed by atoms with Crippen LogP contribution in [0.5, 0.6) is 0 Å². The molecule has 7 nitrogen and oxygen atoms in total. The summed E-state index contributed by atoms with van der Waals surface area (Å²) < 4.78 is 6.71. The van der Waals surface area contributed by atoms with E-state index in [-0.39, 0.29) is 11.9 Å². The van der Waals surface area contributed by atoms with Gasteiger partial charge >= 0.3 is 0 Å². The molecule has 0 unspecified atom stereocenters. The van der Waals surface area contributed by atoms with Crippen LogP contribution in [-0.4, -0.2) is 44.0 Å². The van der Waals surface area contributed by atoms with E-state index < -0.39 is 0 Å². The maximum absolute atomic E-state index is 12.1. The maximum atomic E-state index is 12.1. The lowest BCUT2D eigenvalue weighted by molar-refractivity contribution is 0.0776. The molecule has 94 valence electrons. The van der Waals surface area contributed by atoms with Gasteiger partial charge in [-0.3, -0.25) is 4.79 Å². The highest BCUT2D eigenvalue weighted by molar-refractivity contribution is 5.92. The average Bonchev–Trinajstić information content (AvgIpc) is 3.09. The molecule has 0 N–H and O–H groups in total. The smallest absolute Gasteiger partial charge is 0.276 e. The SMILES string of the molecule is Cc1cc(C(=O)N2CC[C@H](n3ccnn3)C2)no1. The highest BCUT2D eigenvalue weighted by Crippen LogP contribution is 2.21. The largest absolute Gasteiger partial charge is 0.361 e. The lowest BCUT2D eigenvalue weighted by Crippen LogP contribution is -2.29. The van der Waals surface area contributed by atoms with Crippen molar-refractivity contribution >= 4 is 5.91 Å². The molecule has 0 spiro atoms. The lowest BCUT2D eigenvalue weighted by atomic mass is 10.3. The van der Waals surface area contributed by atoms with Crippen molar-refractivity contribution in [3.63, 3.8) is 0 Å². The Balaban J connectivity index is 1.70. The summed E-state index contributed by atoms with van der Waals surface area (Å²) in [6.07, 6.45) is 4.34. The second kappa shape index (κ2) is 4.25. The van der Waals surface area contributed by atoms with Crippen molar-refractivity contribution in [2.75, 3.05) is 13.1 Å². The highest BCUT2D eigenvalue weighted by atomic mass is 16.5. The number of likely N-dealkylation sites (tertiary alicyclic amines) is 1. The van der Waals surface area contributed by atoms with E-state index in [1.807, 2.05) is 6.20 Å². The fourth-order valence-electron chi connectivity index (χ4n) is 2.18. The van der Waals surface area contributed by atoms with Crippen LogP contribution in [0.15, 0.2) is 23.0 Å². The van der Waals surface area contributed by atoms with Crippen LogP contribution in [0.1, 0.15) is 28.7 Å². The first-order valence-corrected chi connectivity index (χ1v) is 5.82. The zero-order valence-electron chi connectivity index (χ0n) is 9.98. The summed E-state index contributed by atoms with van der Waals surface area (Å²) in [5.74, 6) is 0.555. The standard InChI is InChI=1S/C11H13N5O2/c1-8-6-10(13-18-8)11(17)15-4-2-9(7-15)16-5-3-12-14-16/h3,5-6,9H,2,4,7H2,1H3/t9-/m0/s1. The van der Waals surface area contributed by atoms with Crippen LogP contribution in [0.4, 0.5) is 0 Å². The number of hydrogen-bond acceptors (Lipinski definition) is 5. The van der Waals surface area contributed by atoms with Crippen molar-refractivity contribution in [2.24, 2.45) is 0 Å². The molecular formula is C11H13N5O2. The molecule has 1 fully saturated rings. The molecule has 0 radical (unpaired) electrons. The van der Waals surface area contributed by atoms with Crippen LogP contribution in [-0.2, 0) is 0 Å². The molecule has 0 saturated carbocycles. The molecule has 0 aromatic carbocycles. The van der Waals surface area contributed by atoms with E-state index in [2.05, 4.69) is 15.5 Å². The zero-order chi connectivity index (χ0) is 12.5. The Morgan fingerprint density at radius 3 is 3.11 bits per heavy atom. The van der Waals surface area contributed by atoms with Crippen LogP contribution >= 0.6 is 0 Å². The first kappa shape index (κ1) is 10.9. The first-order chi connectivity index (χ1) is 8.74. The van der Waals surface area contributed by atoms with Crippen molar-refractivity contribution in [1.82, 2.24) is 25.1 Å². The van der Waals surface area contributed by atoms with E-state index in [1.165, 1.54) is 0 Å². The van der Waals surface area contributed by atoms with E-state index in [0.29, 0.717) is 24.5 Å². The van der Waals surface area contributed by atoms with Gasteiger partial charge in [0.25, 0.3) is 5.91 Å². The Morgan fingerprint density at radius 2 is 2.44 bits per heavy atom. The molecule has 2 aromatic rings. The third-order valence-corrected chi connectivity index (χ3v) is 3.11. The van der Waals surface area contributed by atoms with Crippen molar-refractivity contribution in [3.8, 4) is 0 Å².